The molecule has 1 nitrogen and oxygen atoms in total. The van der Waals surface area contributed by atoms with E-state index < -0.39 is 0 Å². The molecule has 0 unspecified atom stereocenters. The highest BCUT2D eigenvalue weighted by molar-refractivity contribution is 6.23. The maximum absolute atomic E-state index is 6.48. The summed E-state index contributed by atoms with van der Waals surface area (Å²) in [7, 11) is 0. The largest absolute Gasteiger partial charge is 0.455 e. The van der Waals surface area contributed by atoms with Crippen molar-refractivity contribution in [3.05, 3.63) is 170 Å². The molecule has 0 saturated heterocycles. The Labute approximate surface area is 271 Å². The van der Waals surface area contributed by atoms with Crippen LogP contribution in [-0.4, -0.2) is 0 Å². The van der Waals surface area contributed by atoms with Crippen molar-refractivity contribution in [2.45, 2.75) is 0 Å². The monoisotopic (exact) mass is 596 g/mol. The van der Waals surface area contributed by atoms with Crippen molar-refractivity contribution in [2.75, 3.05) is 0 Å². The van der Waals surface area contributed by atoms with Crippen LogP contribution >= 0.6 is 0 Å². The molecule has 0 aliphatic carbocycles. The minimum Gasteiger partial charge on any atom is -0.455 e. The number of hydrogen-bond acceptors (Lipinski definition) is 1. The van der Waals surface area contributed by atoms with Crippen LogP contribution in [0.15, 0.2) is 174 Å². The van der Waals surface area contributed by atoms with Crippen LogP contribution in [-0.2, 0) is 0 Å². The molecule has 0 atom stereocenters. The van der Waals surface area contributed by atoms with E-state index in [-0.39, 0.29) is 0 Å². The molecule has 218 valence electrons. The Morgan fingerprint density at radius 1 is 0.298 bits per heavy atom. The van der Waals surface area contributed by atoms with Crippen LogP contribution < -0.4 is 0 Å². The van der Waals surface area contributed by atoms with Gasteiger partial charge in [-0.25, -0.2) is 0 Å². The van der Waals surface area contributed by atoms with Crippen LogP contribution in [0.25, 0.3) is 98.4 Å². The summed E-state index contributed by atoms with van der Waals surface area (Å²) in [5.41, 5.74) is 9.27. The molecule has 0 N–H and O–H groups in total. The Balaban J connectivity index is 1.23. The highest BCUT2D eigenvalue weighted by atomic mass is 16.3. The first-order valence-corrected chi connectivity index (χ1v) is 16.2. The summed E-state index contributed by atoms with van der Waals surface area (Å²) in [4.78, 5) is 0. The molecule has 0 amide bonds. The predicted molar refractivity (Wildman–Crippen MR) is 200 cm³/mol. The standard InChI is InChI=1S/C46H28O/c1-3-16-34-29(11-1)13-10-22-35(34)31-14-9-15-32(27-31)44-37-18-5-7-20-39(37)45(40-21-8-6-19-38(40)44)33-24-26-43-42(28-33)41-25-23-30-12-2-4-17-36(30)46(41)47-43/h1-28H. The zero-order valence-electron chi connectivity index (χ0n) is 25.6. The minimum absolute atomic E-state index is 0.913. The Kier molecular flexibility index (Phi) is 5.64. The zero-order valence-corrected chi connectivity index (χ0v) is 25.6. The summed E-state index contributed by atoms with van der Waals surface area (Å²) in [6.07, 6.45) is 0. The van der Waals surface area contributed by atoms with E-state index in [1.54, 1.807) is 0 Å². The molecule has 0 fully saturated rings. The average molecular weight is 597 g/mol. The molecule has 1 aromatic heterocycles. The summed E-state index contributed by atoms with van der Waals surface area (Å²) < 4.78 is 6.48. The third-order valence-corrected chi connectivity index (χ3v) is 9.83. The smallest absolute Gasteiger partial charge is 0.143 e. The Hall–Kier alpha value is -6.18. The average Bonchev–Trinajstić information content (AvgIpc) is 3.52. The normalized spacial score (nSPS) is 11.8. The van der Waals surface area contributed by atoms with Crippen molar-refractivity contribution in [2.24, 2.45) is 0 Å². The first kappa shape index (κ1) is 26.1. The third-order valence-electron chi connectivity index (χ3n) is 9.83. The predicted octanol–water partition coefficient (Wildman–Crippen LogP) is 13.2. The minimum atomic E-state index is 0.913. The number of fused-ring (bicyclic) bond motifs is 8. The van der Waals surface area contributed by atoms with Crippen molar-refractivity contribution in [1.82, 2.24) is 0 Å². The first-order valence-electron chi connectivity index (χ1n) is 16.2. The van der Waals surface area contributed by atoms with Gasteiger partial charge in [-0.3, -0.25) is 0 Å². The second kappa shape index (κ2) is 10.2. The topological polar surface area (TPSA) is 13.1 Å². The van der Waals surface area contributed by atoms with Crippen molar-refractivity contribution in [3.63, 3.8) is 0 Å². The van der Waals surface area contributed by atoms with Crippen LogP contribution in [0.3, 0.4) is 0 Å². The van der Waals surface area contributed by atoms with E-state index in [2.05, 4.69) is 170 Å². The van der Waals surface area contributed by atoms with E-state index in [1.807, 2.05) is 0 Å². The van der Waals surface area contributed by atoms with Crippen molar-refractivity contribution in [3.8, 4) is 33.4 Å². The Morgan fingerprint density at radius 2 is 0.830 bits per heavy atom. The quantitative estimate of drug-likeness (QED) is 0.185. The lowest BCUT2D eigenvalue weighted by molar-refractivity contribution is 0.672. The lowest BCUT2D eigenvalue weighted by Crippen LogP contribution is -1.91. The van der Waals surface area contributed by atoms with Gasteiger partial charge in [-0.1, -0.05) is 146 Å². The van der Waals surface area contributed by atoms with Gasteiger partial charge in [0.1, 0.15) is 11.2 Å². The summed E-state index contributed by atoms with van der Waals surface area (Å²) in [5, 5.41) is 12.1. The molecule has 0 radical (unpaired) electrons. The number of benzene rings is 9. The summed E-state index contributed by atoms with van der Waals surface area (Å²) in [5.74, 6) is 0. The maximum atomic E-state index is 6.48. The summed E-state index contributed by atoms with van der Waals surface area (Å²) >= 11 is 0. The maximum Gasteiger partial charge on any atom is 0.143 e. The molecule has 0 aliphatic rings. The van der Waals surface area contributed by atoms with Gasteiger partial charge in [0.05, 0.1) is 0 Å². The van der Waals surface area contributed by atoms with Crippen LogP contribution in [0.1, 0.15) is 0 Å². The molecule has 0 saturated carbocycles. The van der Waals surface area contributed by atoms with Gasteiger partial charge in [-0.15, -0.1) is 0 Å². The summed E-state index contributed by atoms with van der Waals surface area (Å²) in [6.45, 7) is 0. The summed E-state index contributed by atoms with van der Waals surface area (Å²) in [6, 6.07) is 61.6. The van der Waals surface area contributed by atoms with E-state index in [1.165, 1.54) is 71.1 Å². The van der Waals surface area contributed by atoms with Gasteiger partial charge in [-0.05, 0) is 95.3 Å². The number of hydrogen-bond donors (Lipinski definition) is 0. The molecule has 0 bridgehead atoms. The van der Waals surface area contributed by atoms with Gasteiger partial charge >= 0.3 is 0 Å². The van der Waals surface area contributed by atoms with Gasteiger partial charge in [0, 0.05) is 16.2 Å². The molecular formula is C46H28O. The van der Waals surface area contributed by atoms with E-state index >= 15 is 0 Å². The lowest BCUT2D eigenvalue weighted by Gasteiger charge is -2.18. The fraction of sp³-hybridized carbons (Fsp3) is 0. The van der Waals surface area contributed by atoms with E-state index in [0.29, 0.717) is 0 Å². The molecule has 1 heterocycles. The zero-order chi connectivity index (χ0) is 30.9. The van der Waals surface area contributed by atoms with Gasteiger partial charge < -0.3 is 4.42 Å². The van der Waals surface area contributed by atoms with Crippen LogP contribution in [0.4, 0.5) is 0 Å². The molecule has 0 spiro atoms. The molecule has 10 rings (SSSR count). The first-order chi connectivity index (χ1) is 23.3. The van der Waals surface area contributed by atoms with Crippen LogP contribution in [0.5, 0.6) is 0 Å². The van der Waals surface area contributed by atoms with Crippen molar-refractivity contribution >= 4 is 65.0 Å². The molecule has 9 aromatic carbocycles. The van der Waals surface area contributed by atoms with Crippen molar-refractivity contribution < 1.29 is 4.42 Å². The Morgan fingerprint density at radius 3 is 1.53 bits per heavy atom. The lowest BCUT2D eigenvalue weighted by atomic mass is 9.85. The number of furan rings is 1. The second-order valence-corrected chi connectivity index (χ2v) is 12.4. The van der Waals surface area contributed by atoms with Gasteiger partial charge in [0.2, 0.25) is 0 Å². The molecule has 0 aliphatic heterocycles. The molecular weight excluding hydrogens is 569 g/mol. The van der Waals surface area contributed by atoms with Crippen LogP contribution in [0.2, 0.25) is 0 Å². The molecule has 1 heteroatoms. The second-order valence-electron chi connectivity index (χ2n) is 12.4. The van der Waals surface area contributed by atoms with E-state index in [0.717, 1.165) is 27.3 Å². The van der Waals surface area contributed by atoms with Gasteiger partial charge in [0.15, 0.2) is 0 Å². The van der Waals surface area contributed by atoms with Gasteiger partial charge in [-0.2, -0.15) is 0 Å². The van der Waals surface area contributed by atoms with Crippen LogP contribution in [0, 0.1) is 0 Å². The fourth-order valence-corrected chi connectivity index (χ4v) is 7.73. The SMILES string of the molecule is c1cc(-c2cccc3ccccc23)cc(-c2c3ccccc3c(-c3ccc4oc5c6ccccc6ccc5c4c3)c3ccccc23)c1. The van der Waals surface area contributed by atoms with E-state index in [4.69, 9.17) is 4.42 Å². The Bertz CT molecular complexity index is 2790. The fourth-order valence-electron chi connectivity index (χ4n) is 7.73. The highest BCUT2D eigenvalue weighted by Crippen LogP contribution is 2.45. The van der Waals surface area contributed by atoms with Gasteiger partial charge in [0.25, 0.3) is 0 Å². The van der Waals surface area contributed by atoms with E-state index in [9.17, 15) is 0 Å². The number of rotatable bonds is 3. The van der Waals surface area contributed by atoms with Crippen molar-refractivity contribution in [1.29, 1.82) is 0 Å². The highest BCUT2D eigenvalue weighted by Gasteiger charge is 2.19. The molecule has 47 heavy (non-hydrogen) atoms. The third kappa shape index (κ3) is 3.97. The molecule has 10 aromatic rings.